The predicted octanol–water partition coefficient (Wildman–Crippen LogP) is 2.80. The van der Waals surface area contributed by atoms with Crippen molar-refractivity contribution in [1.82, 2.24) is 5.43 Å². The topological polar surface area (TPSA) is 70.6 Å². The number of aryl methyl sites for hydroxylation is 1. The molecular formula is C14H12ClN3O2S. The SMILES string of the molecule is Cc1ccsc1/C=N\NC(=O)C(=O)Nc1cccc(Cl)c1. The summed E-state index contributed by atoms with van der Waals surface area (Å²) in [4.78, 5) is 24.1. The van der Waals surface area contributed by atoms with E-state index in [1.165, 1.54) is 17.6 Å². The van der Waals surface area contributed by atoms with Crippen LogP contribution in [0.15, 0.2) is 40.8 Å². The molecule has 0 bridgehead atoms. The van der Waals surface area contributed by atoms with Crippen molar-refractivity contribution in [2.75, 3.05) is 5.32 Å². The van der Waals surface area contributed by atoms with Crippen LogP contribution in [0.4, 0.5) is 5.69 Å². The summed E-state index contributed by atoms with van der Waals surface area (Å²) < 4.78 is 0. The Labute approximate surface area is 130 Å². The molecule has 0 radical (unpaired) electrons. The Bertz CT molecular complexity index is 697. The first kappa shape index (κ1) is 15.2. The van der Waals surface area contributed by atoms with Gasteiger partial charge in [-0.05, 0) is 42.1 Å². The van der Waals surface area contributed by atoms with Gasteiger partial charge in [0.25, 0.3) is 0 Å². The summed E-state index contributed by atoms with van der Waals surface area (Å²) in [7, 11) is 0. The molecule has 0 fully saturated rings. The van der Waals surface area contributed by atoms with E-state index in [-0.39, 0.29) is 0 Å². The quantitative estimate of drug-likeness (QED) is 0.518. The van der Waals surface area contributed by atoms with Crippen LogP contribution in [0.25, 0.3) is 0 Å². The molecule has 1 aromatic heterocycles. The fourth-order valence-corrected chi connectivity index (χ4v) is 2.45. The molecule has 1 aromatic carbocycles. The number of nitrogens with zero attached hydrogens (tertiary/aromatic N) is 1. The Morgan fingerprint density at radius 1 is 1.29 bits per heavy atom. The minimum Gasteiger partial charge on any atom is -0.318 e. The van der Waals surface area contributed by atoms with Gasteiger partial charge < -0.3 is 5.32 Å². The van der Waals surface area contributed by atoms with Gasteiger partial charge in [-0.15, -0.1) is 11.3 Å². The summed E-state index contributed by atoms with van der Waals surface area (Å²) in [6.45, 7) is 1.94. The molecule has 0 unspecified atom stereocenters. The van der Waals surface area contributed by atoms with Gasteiger partial charge in [-0.2, -0.15) is 5.10 Å². The number of rotatable bonds is 3. The monoisotopic (exact) mass is 321 g/mol. The number of hydrazone groups is 1. The molecule has 0 aliphatic heterocycles. The number of nitrogens with one attached hydrogen (secondary N) is 2. The van der Waals surface area contributed by atoms with Gasteiger partial charge in [0.05, 0.1) is 6.21 Å². The number of benzene rings is 1. The highest BCUT2D eigenvalue weighted by Crippen LogP contribution is 2.14. The third kappa shape index (κ3) is 4.40. The van der Waals surface area contributed by atoms with Gasteiger partial charge >= 0.3 is 11.8 Å². The van der Waals surface area contributed by atoms with Gasteiger partial charge in [0.15, 0.2) is 0 Å². The standard InChI is InChI=1S/C14H12ClN3O2S/c1-9-5-6-21-12(9)8-16-18-14(20)13(19)17-11-4-2-3-10(15)7-11/h2-8H,1H3,(H,17,19)(H,18,20)/b16-8-. The number of hydrogen-bond donors (Lipinski definition) is 2. The molecule has 1 heterocycles. The largest absolute Gasteiger partial charge is 0.329 e. The molecule has 0 spiro atoms. The fraction of sp³-hybridized carbons (Fsp3) is 0.0714. The lowest BCUT2D eigenvalue weighted by atomic mass is 10.3. The average molecular weight is 322 g/mol. The summed E-state index contributed by atoms with van der Waals surface area (Å²) in [6.07, 6.45) is 1.50. The number of thiophene rings is 1. The summed E-state index contributed by atoms with van der Waals surface area (Å²) in [5.74, 6) is -1.65. The zero-order valence-electron chi connectivity index (χ0n) is 11.1. The van der Waals surface area contributed by atoms with E-state index < -0.39 is 11.8 Å². The van der Waals surface area contributed by atoms with Crippen LogP contribution >= 0.6 is 22.9 Å². The third-order valence-corrected chi connectivity index (χ3v) is 3.73. The van der Waals surface area contributed by atoms with Gasteiger partial charge in [0.1, 0.15) is 0 Å². The van der Waals surface area contributed by atoms with Gasteiger partial charge in [-0.1, -0.05) is 17.7 Å². The summed E-state index contributed by atoms with van der Waals surface area (Å²) in [6, 6.07) is 8.47. The third-order valence-electron chi connectivity index (χ3n) is 2.54. The summed E-state index contributed by atoms with van der Waals surface area (Å²) >= 11 is 7.29. The number of anilines is 1. The summed E-state index contributed by atoms with van der Waals surface area (Å²) in [5, 5.41) is 8.58. The van der Waals surface area contributed by atoms with Crippen LogP contribution in [0.5, 0.6) is 0 Å². The highest BCUT2D eigenvalue weighted by Gasteiger charge is 2.12. The lowest BCUT2D eigenvalue weighted by Gasteiger charge is -2.03. The van der Waals surface area contributed by atoms with Crippen molar-refractivity contribution in [3.05, 3.63) is 51.2 Å². The molecule has 2 aromatic rings. The van der Waals surface area contributed by atoms with Crippen molar-refractivity contribution in [3.63, 3.8) is 0 Å². The average Bonchev–Trinajstić information content (AvgIpc) is 2.84. The molecule has 2 rings (SSSR count). The smallest absolute Gasteiger partial charge is 0.318 e. The zero-order chi connectivity index (χ0) is 15.2. The van der Waals surface area contributed by atoms with Crippen molar-refractivity contribution >= 4 is 46.7 Å². The van der Waals surface area contributed by atoms with E-state index in [1.54, 1.807) is 24.3 Å². The number of halogens is 1. The molecule has 0 saturated carbocycles. The molecule has 0 atom stereocenters. The fourth-order valence-electron chi connectivity index (χ4n) is 1.47. The van der Waals surface area contributed by atoms with E-state index in [9.17, 15) is 9.59 Å². The Kier molecular flexibility index (Phi) is 5.08. The maximum atomic E-state index is 11.6. The Morgan fingerprint density at radius 2 is 2.10 bits per heavy atom. The lowest BCUT2D eigenvalue weighted by molar-refractivity contribution is -0.136. The minimum atomic E-state index is -0.847. The van der Waals surface area contributed by atoms with Crippen molar-refractivity contribution < 1.29 is 9.59 Å². The van der Waals surface area contributed by atoms with Gasteiger partial charge in [-0.3, -0.25) is 9.59 Å². The Balaban J connectivity index is 1.90. The minimum absolute atomic E-state index is 0.445. The van der Waals surface area contributed by atoms with Crippen LogP contribution in [0.3, 0.4) is 0 Å². The molecule has 0 aliphatic carbocycles. The molecule has 0 aliphatic rings. The van der Waals surface area contributed by atoms with E-state index in [0.717, 1.165) is 10.4 Å². The molecule has 108 valence electrons. The van der Waals surface area contributed by atoms with Crippen molar-refractivity contribution in [3.8, 4) is 0 Å². The van der Waals surface area contributed by atoms with E-state index in [4.69, 9.17) is 11.6 Å². The van der Waals surface area contributed by atoms with Crippen molar-refractivity contribution in [2.24, 2.45) is 5.10 Å². The van der Waals surface area contributed by atoms with E-state index in [2.05, 4.69) is 15.8 Å². The molecule has 0 saturated heterocycles. The van der Waals surface area contributed by atoms with E-state index >= 15 is 0 Å². The maximum absolute atomic E-state index is 11.6. The molecule has 21 heavy (non-hydrogen) atoms. The highest BCUT2D eigenvalue weighted by molar-refractivity contribution is 7.11. The second kappa shape index (κ2) is 7.01. The van der Waals surface area contributed by atoms with E-state index in [1.807, 2.05) is 18.4 Å². The van der Waals surface area contributed by atoms with Crippen LogP contribution in [0.1, 0.15) is 10.4 Å². The lowest BCUT2D eigenvalue weighted by Crippen LogP contribution is -2.32. The van der Waals surface area contributed by atoms with Crippen LogP contribution in [0, 0.1) is 6.92 Å². The van der Waals surface area contributed by atoms with Gasteiger partial charge in [-0.25, -0.2) is 5.43 Å². The number of carbonyl (C=O) groups excluding carboxylic acids is 2. The van der Waals surface area contributed by atoms with Gasteiger partial charge in [0, 0.05) is 15.6 Å². The molecule has 2 amide bonds. The highest BCUT2D eigenvalue weighted by atomic mass is 35.5. The second-order valence-electron chi connectivity index (χ2n) is 4.13. The molecular weight excluding hydrogens is 310 g/mol. The zero-order valence-corrected chi connectivity index (χ0v) is 12.7. The predicted molar refractivity (Wildman–Crippen MR) is 84.9 cm³/mol. The Hall–Kier alpha value is -2.18. The van der Waals surface area contributed by atoms with Crippen LogP contribution < -0.4 is 10.7 Å². The Morgan fingerprint density at radius 3 is 2.76 bits per heavy atom. The molecule has 5 nitrogen and oxygen atoms in total. The molecule has 7 heteroatoms. The number of carbonyl (C=O) groups is 2. The van der Waals surface area contributed by atoms with Gasteiger partial charge in [0.2, 0.25) is 0 Å². The van der Waals surface area contributed by atoms with Crippen LogP contribution in [-0.2, 0) is 9.59 Å². The maximum Gasteiger partial charge on any atom is 0.329 e. The van der Waals surface area contributed by atoms with Crippen molar-refractivity contribution in [2.45, 2.75) is 6.92 Å². The number of hydrogen-bond acceptors (Lipinski definition) is 4. The normalized spacial score (nSPS) is 10.6. The first-order valence-corrected chi connectivity index (χ1v) is 7.26. The van der Waals surface area contributed by atoms with Crippen LogP contribution in [-0.4, -0.2) is 18.0 Å². The second-order valence-corrected chi connectivity index (χ2v) is 5.52. The first-order valence-electron chi connectivity index (χ1n) is 6.00. The molecule has 2 N–H and O–H groups in total. The summed E-state index contributed by atoms with van der Waals surface area (Å²) in [5.41, 5.74) is 3.68. The first-order chi connectivity index (χ1) is 10.1. The van der Waals surface area contributed by atoms with E-state index in [0.29, 0.717) is 10.7 Å². The van der Waals surface area contributed by atoms with Crippen LogP contribution in [0.2, 0.25) is 5.02 Å². The van der Waals surface area contributed by atoms with Crippen molar-refractivity contribution in [1.29, 1.82) is 0 Å². The number of amides is 2.